The molecular weight excluding hydrogens is 807 g/mol. The number of pyridine rings is 1. The Morgan fingerprint density at radius 3 is 2.10 bits per heavy atom. The monoisotopic (exact) mass is 861 g/mol. The number of furan rings is 1. The second-order valence-electron chi connectivity index (χ2n) is 17.6. The number of aliphatic hydroxyl groups excluding tert-OH is 1. The SMILES string of the molecule is CC(C)(C)c1cc(-c2nccc3c2oc2cc4c(cc23)C(C)(C)CCC4(C)C)[c-]c2ccccc12.O=C(/C=C(\O)C1CCCC1)C1CCCC1.[Ir]. The zero-order valence-electron chi connectivity index (χ0n) is 31.5. The van der Waals surface area contributed by atoms with E-state index in [2.05, 4.69) is 103 Å². The Kier molecular flexibility index (Phi) is 10.5. The van der Waals surface area contributed by atoms with Crippen LogP contribution in [0.3, 0.4) is 0 Å². The van der Waals surface area contributed by atoms with E-state index in [4.69, 9.17) is 9.40 Å². The van der Waals surface area contributed by atoms with Crippen molar-refractivity contribution in [2.75, 3.05) is 0 Å². The summed E-state index contributed by atoms with van der Waals surface area (Å²) < 4.78 is 6.62. The largest absolute Gasteiger partial charge is 0.512 e. The second-order valence-corrected chi connectivity index (χ2v) is 17.6. The summed E-state index contributed by atoms with van der Waals surface area (Å²) in [7, 11) is 0. The maximum Gasteiger partial charge on any atom is 0.162 e. The molecule has 0 amide bonds. The molecule has 3 aliphatic rings. The Morgan fingerprint density at radius 1 is 0.843 bits per heavy atom. The van der Waals surface area contributed by atoms with Gasteiger partial charge in [0.25, 0.3) is 0 Å². The number of hydrogen-bond donors (Lipinski definition) is 1. The molecule has 2 fully saturated rings. The van der Waals surface area contributed by atoms with E-state index < -0.39 is 0 Å². The number of rotatable bonds is 4. The van der Waals surface area contributed by atoms with Gasteiger partial charge >= 0.3 is 0 Å². The average Bonchev–Trinajstić information content (AvgIpc) is 3.87. The number of nitrogens with zero attached hydrogens (tertiary/aromatic N) is 1. The first-order chi connectivity index (χ1) is 23.7. The van der Waals surface area contributed by atoms with Gasteiger partial charge in [-0.15, -0.1) is 29.1 Å². The molecule has 5 aromatic rings. The van der Waals surface area contributed by atoms with Gasteiger partial charge in [-0.3, -0.25) is 9.78 Å². The Bertz CT molecular complexity index is 2100. The van der Waals surface area contributed by atoms with E-state index in [0.717, 1.165) is 58.9 Å². The third kappa shape index (κ3) is 7.36. The Labute approximate surface area is 317 Å². The van der Waals surface area contributed by atoms with Gasteiger partial charge in [0.1, 0.15) is 11.2 Å². The second kappa shape index (κ2) is 14.3. The van der Waals surface area contributed by atoms with Crippen molar-refractivity contribution in [2.24, 2.45) is 11.8 Å². The molecule has 2 saturated carbocycles. The zero-order valence-corrected chi connectivity index (χ0v) is 33.9. The summed E-state index contributed by atoms with van der Waals surface area (Å²) in [6.45, 7) is 16.3. The molecule has 0 spiro atoms. The molecule has 3 aromatic carbocycles. The summed E-state index contributed by atoms with van der Waals surface area (Å²) in [6.07, 6.45) is 14.7. The molecule has 51 heavy (non-hydrogen) atoms. The number of benzene rings is 3. The first kappa shape index (κ1) is 37.5. The van der Waals surface area contributed by atoms with Crippen LogP contribution in [0.4, 0.5) is 0 Å². The number of fused-ring (bicyclic) bond motifs is 5. The van der Waals surface area contributed by atoms with Crippen molar-refractivity contribution in [1.29, 1.82) is 0 Å². The Morgan fingerprint density at radius 2 is 1.45 bits per heavy atom. The van der Waals surface area contributed by atoms with Gasteiger partial charge in [0.05, 0.1) is 5.76 Å². The molecule has 0 aliphatic heterocycles. The minimum absolute atomic E-state index is 0. The first-order valence-corrected chi connectivity index (χ1v) is 19.0. The topological polar surface area (TPSA) is 63.3 Å². The van der Waals surface area contributed by atoms with Crippen LogP contribution in [0.2, 0.25) is 0 Å². The molecule has 0 saturated heterocycles. The molecule has 5 heteroatoms. The number of aromatic nitrogens is 1. The molecule has 0 bridgehead atoms. The third-order valence-corrected chi connectivity index (χ3v) is 12.0. The summed E-state index contributed by atoms with van der Waals surface area (Å²) in [4.78, 5) is 16.6. The van der Waals surface area contributed by atoms with Gasteiger partial charge in [-0.1, -0.05) is 103 Å². The first-order valence-electron chi connectivity index (χ1n) is 19.0. The van der Waals surface area contributed by atoms with Gasteiger partial charge in [-0.2, -0.15) is 0 Å². The van der Waals surface area contributed by atoms with Crippen LogP contribution >= 0.6 is 0 Å². The normalized spacial score (nSPS) is 19.2. The molecule has 8 rings (SSSR count). The summed E-state index contributed by atoms with van der Waals surface area (Å²) in [5, 5.41) is 14.5. The van der Waals surface area contributed by atoms with Gasteiger partial charge in [0.2, 0.25) is 0 Å². The molecule has 1 radical (unpaired) electrons. The minimum atomic E-state index is 0. The van der Waals surface area contributed by atoms with Gasteiger partial charge in [-0.25, -0.2) is 0 Å². The van der Waals surface area contributed by atoms with Crippen LogP contribution in [-0.2, 0) is 41.1 Å². The number of hydrogen-bond acceptors (Lipinski definition) is 4. The van der Waals surface area contributed by atoms with Crippen LogP contribution in [-0.4, -0.2) is 15.9 Å². The van der Waals surface area contributed by atoms with E-state index >= 15 is 0 Å². The molecular formula is C46H54IrNO3-. The molecule has 2 heterocycles. The van der Waals surface area contributed by atoms with Crippen LogP contribution in [0.5, 0.6) is 0 Å². The summed E-state index contributed by atoms with van der Waals surface area (Å²) in [6, 6.07) is 21.2. The third-order valence-electron chi connectivity index (χ3n) is 12.0. The maximum absolute atomic E-state index is 11.8. The molecule has 4 nitrogen and oxygen atoms in total. The van der Waals surface area contributed by atoms with E-state index in [1.165, 1.54) is 72.1 Å². The fourth-order valence-corrected chi connectivity index (χ4v) is 8.75. The minimum Gasteiger partial charge on any atom is -0.512 e. The number of ketones is 1. The van der Waals surface area contributed by atoms with Crippen molar-refractivity contribution in [3.05, 3.63) is 89.3 Å². The van der Waals surface area contributed by atoms with Gasteiger partial charge < -0.3 is 9.52 Å². The fraction of sp³-hybridized carbons (Fsp3) is 0.478. The average molecular weight is 861 g/mol. The maximum atomic E-state index is 11.8. The van der Waals surface area contributed by atoms with E-state index in [1.807, 2.05) is 6.20 Å². The van der Waals surface area contributed by atoms with E-state index in [9.17, 15) is 9.90 Å². The van der Waals surface area contributed by atoms with Crippen LogP contribution in [0, 0.1) is 17.9 Å². The Balaban J connectivity index is 0.000000236. The standard InChI is InChI=1S/C33H34NO.C13H20O2.Ir/c1-31(2,3)25-17-21(16-20-10-8-9-11-22(20)25)29-30-23(12-15-34-29)24-18-26-27(19-28(24)35-30)33(6,7)14-13-32(26,4)5;14-12(10-5-1-2-6-10)9-13(15)11-7-3-4-8-11;/h8-12,15,17-19H,13-14H2,1-7H3;9-11,14H,1-8H2;/q-1;;/b;12-9-;. The van der Waals surface area contributed by atoms with Crippen LogP contribution < -0.4 is 0 Å². The van der Waals surface area contributed by atoms with Crippen molar-refractivity contribution in [3.63, 3.8) is 0 Å². The Hall–Kier alpha value is -3.27. The molecule has 271 valence electrons. The van der Waals surface area contributed by atoms with Crippen molar-refractivity contribution < 1.29 is 34.4 Å². The molecule has 3 aliphatic carbocycles. The number of aliphatic hydroxyl groups is 1. The van der Waals surface area contributed by atoms with E-state index in [-0.39, 0.29) is 54.0 Å². The summed E-state index contributed by atoms with van der Waals surface area (Å²) in [5.74, 6) is 0.991. The zero-order chi connectivity index (χ0) is 35.4. The summed E-state index contributed by atoms with van der Waals surface area (Å²) in [5.41, 5.74) is 8.14. The van der Waals surface area contributed by atoms with Crippen LogP contribution in [0.15, 0.2) is 71.0 Å². The molecule has 0 atom stereocenters. The predicted octanol–water partition coefficient (Wildman–Crippen LogP) is 12.6. The number of carbonyl (C=O) groups is 1. The smallest absolute Gasteiger partial charge is 0.162 e. The van der Waals surface area contributed by atoms with E-state index in [1.54, 1.807) is 0 Å². The van der Waals surface area contributed by atoms with Crippen LogP contribution in [0.1, 0.15) is 129 Å². The number of allylic oxidation sites excluding steroid dienone is 2. The molecule has 2 aromatic heterocycles. The van der Waals surface area contributed by atoms with E-state index in [0.29, 0.717) is 5.76 Å². The quantitative estimate of drug-likeness (QED) is 0.111. The predicted molar refractivity (Wildman–Crippen MR) is 207 cm³/mol. The number of carbonyl (C=O) groups excluding carboxylic acids is 1. The summed E-state index contributed by atoms with van der Waals surface area (Å²) >= 11 is 0. The molecule has 1 N–H and O–H groups in total. The van der Waals surface area contributed by atoms with Gasteiger partial charge in [0.15, 0.2) is 5.78 Å². The van der Waals surface area contributed by atoms with Crippen LogP contribution in [0.25, 0.3) is 44.0 Å². The fourth-order valence-electron chi connectivity index (χ4n) is 8.75. The van der Waals surface area contributed by atoms with Crippen molar-refractivity contribution >= 4 is 38.5 Å². The van der Waals surface area contributed by atoms with Gasteiger partial charge in [0, 0.05) is 60.7 Å². The van der Waals surface area contributed by atoms with Gasteiger partial charge in [-0.05, 0) is 84.1 Å². The van der Waals surface area contributed by atoms with Crippen molar-refractivity contribution in [1.82, 2.24) is 4.98 Å². The van der Waals surface area contributed by atoms with Crippen molar-refractivity contribution in [3.8, 4) is 11.3 Å². The molecule has 0 unspecified atom stereocenters. The van der Waals surface area contributed by atoms with Crippen molar-refractivity contribution in [2.45, 2.75) is 129 Å².